The lowest BCUT2D eigenvalue weighted by Gasteiger charge is -2.13. The Bertz CT molecular complexity index is 554. The van der Waals surface area contributed by atoms with Gasteiger partial charge in [0.1, 0.15) is 5.75 Å². The smallest absolute Gasteiger partial charge is 0.228 e. The fourth-order valence-corrected chi connectivity index (χ4v) is 1.78. The quantitative estimate of drug-likeness (QED) is 0.755. The lowest BCUT2D eigenvalue weighted by molar-refractivity contribution is 0.319. The van der Waals surface area contributed by atoms with Crippen molar-refractivity contribution in [2.24, 2.45) is 0 Å². The molecule has 0 unspecified atom stereocenters. The van der Waals surface area contributed by atoms with Crippen LogP contribution in [0, 0.1) is 6.92 Å². The number of para-hydroxylation sites is 1. The standard InChI is InChI=1S/C14H20N4O2/c1-3-9-19-12-6-4-5-11(14(12)15)16-8-7-13-17-10(2)18-20-13/h4-6,16H,3,7-9,15H2,1-2H3. The number of nitrogens with two attached hydrogens (primary N) is 1. The van der Waals surface area contributed by atoms with Gasteiger partial charge >= 0.3 is 0 Å². The minimum atomic E-state index is 0.618. The zero-order chi connectivity index (χ0) is 14.4. The monoisotopic (exact) mass is 276 g/mol. The highest BCUT2D eigenvalue weighted by Crippen LogP contribution is 2.29. The summed E-state index contributed by atoms with van der Waals surface area (Å²) in [5.41, 5.74) is 7.55. The van der Waals surface area contributed by atoms with Gasteiger partial charge in [-0.1, -0.05) is 18.1 Å². The van der Waals surface area contributed by atoms with E-state index in [2.05, 4.69) is 22.4 Å². The number of aryl methyl sites for hydroxylation is 1. The van der Waals surface area contributed by atoms with E-state index in [0.29, 0.717) is 42.7 Å². The van der Waals surface area contributed by atoms with E-state index in [4.69, 9.17) is 15.0 Å². The van der Waals surface area contributed by atoms with Crippen molar-refractivity contribution >= 4 is 11.4 Å². The summed E-state index contributed by atoms with van der Waals surface area (Å²) >= 11 is 0. The number of hydrogen-bond acceptors (Lipinski definition) is 6. The molecule has 0 spiro atoms. The molecule has 3 N–H and O–H groups in total. The summed E-state index contributed by atoms with van der Waals surface area (Å²) in [7, 11) is 0. The highest BCUT2D eigenvalue weighted by Gasteiger charge is 2.07. The number of ether oxygens (including phenoxy) is 1. The van der Waals surface area contributed by atoms with Gasteiger partial charge in [0.15, 0.2) is 5.82 Å². The molecule has 0 bridgehead atoms. The molecule has 0 fully saturated rings. The van der Waals surface area contributed by atoms with E-state index in [1.165, 1.54) is 0 Å². The molecule has 1 heterocycles. The SMILES string of the molecule is CCCOc1cccc(NCCc2nc(C)no2)c1N. The van der Waals surface area contributed by atoms with Crippen LogP contribution in [-0.2, 0) is 6.42 Å². The van der Waals surface area contributed by atoms with E-state index in [-0.39, 0.29) is 0 Å². The third kappa shape index (κ3) is 3.63. The van der Waals surface area contributed by atoms with Crippen LogP contribution in [0.3, 0.4) is 0 Å². The Kier molecular flexibility index (Phi) is 4.81. The largest absolute Gasteiger partial charge is 0.491 e. The van der Waals surface area contributed by atoms with Gasteiger partial charge in [0.05, 0.1) is 18.0 Å². The van der Waals surface area contributed by atoms with Gasteiger partial charge < -0.3 is 20.3 Å². The van der Waals surface area contributed by atoms with Crippen molar-refractivity contribution in [2.75, 3.05) is 24.2 Å². The maximum atomic E-state index is 6.07. The molecule has 20 heavy (non-hydrogen) atoms. The molecule has 6 heteroatoms. The lowest BCUT2D eigenvalue weighted by Crippen LogP contribution is -2.08. The molecule has 2 aromatic rings. The summed E-state index contributed by atoms with van der Waals surface area (Å²) in [6, 6.07) is 5.71. The van der Waals surface area contributed by atoms with Gasteiger partial charge in [0, 0.05) is 13.0 Å². The molecule has 0 atom stereocenters. The van der Waals surface area contributed by atoms with E-state index >= 15 is 0 Å². The van der Waals surface area contributed by atoms with Crippen molar-refractivity contribution in [2.45, 2.75) is 26.7 Å². The lowest BCUT2D eigenvalue weighted by atomic mass is 10.2. The van der Waals surface area contributed by atoms with Crippen molar-refractivity contribution in [1.29, 1.82) is 0 Å². The zero-order valence-corrected chi connectivity index (χ0v) is 11.8. The minimum Gasteiger partial charge on any atom is -0.491 e. The second-order valence-corrected chi connectivity index (χ2v) is 4.48. The van der Waals surface area contributed by atoms with Gasteiger partial charge in [-0.05, 0) is 25.5 Å². The van der Waals surface area contributed by atoms with Crippen LogP contribution < -0.4 is 15.8 Å². The number of benzene rings is 1. The molecule has 108 valence electrons. The predicted octanol–water partition coefficient (Wildman–Crippen LogP) is 2.40. The van der Waals surface area contributed by atoms with Crippen LogP contribution in [-0.4, -0.2) is 23.3 Å². The topological polar surface area (TPSA) is 86.2 Å². The third-order valence-corrected chi connectivity index (χ3v) is 2.75. The zero-order valence-electron chi connectivity index (χ0n) is 11.8. The molecular formula is C14H20N4O2. The fourth-order valence-electron chi connectivity index (χ4n) is 1.78. The molecule has 1 aromatic carbocycles. The molecule has 0 saturated carbocycles. The molecule has 0 radical (unpaired) electrons. The van der Waals surface area contributed by atoms with Gasteiger partial charge in [0.25, 0.3) is 0 Å². The normalized spacial score (nSPS) is 10.5. The average molecular weight is 276 g/mol. The Labute approximate surface area is 118 Å². The van der Waals surface area contributed by atoms with Crippen LogP contribution in [0.1, 0.15) is 25.1 Å². The number of anilines is 2. The summed E-state index contributed by atoms with van der Waals surface area (Å²) in [6.07, 6.45) is 1.61. The Morgan fingerprint density at radius 2 is 2.25 bits per heavy atom. The molecule has 1 aromatic heterocycles. The number of hydrogen-bond donors (Lipinski definition) is 2. The van der Waals surface area contributed by atoms with Gasteiger partial charge in [-0.25, -0.2) is 0 Å². The highest BCUT2D eigenvalue weighted by atomic mass is 16.5. The van der Waals surface area contributed by atoms with Crippen molar-refractivity contribution in [1.82, 2.24) is 10.1 Å². The van der Waals surface area contributed by atoms with Crippen LogP contribution in [0.2, 0.25) is 0 Å². The van der Waals surface area contributed by atoms with Crippen LogP contribution in [0.15, 0.2) is 22.7 Å². The fraction of sp³-hybridized carbons (Fsp3) is 0.429. The number of aromatic nitrogens is 2. The first kappa shape index (κ1) is 14.2. The summed E-state index contributed by atoms with van der Waals surface area (Å²) in [6.45, 7) is 5.19. The number of nitrogen functional groups attached to an aromatic ring is 1. The Hall–Kier alpha value is -2.24. The van der Waals surface area contributed by atoms with Gasteiger partial charge in [-0.15, -0.1) is 0 Å². The predicted molar refractivity (Wildman–Crippen MR) is 77.9 cm³/mol. The van der Waals surface area contributed by atoms with E-state index in [1.54, 1.807) is 6.92 Å². The molecule has 0 amide bonds. The van der Waals surface area contributed by atoms with Gasteiger partial charge in [-0.2, -0.15) is 4.98 Å². The number of rotatable bonds is 7. The Morgan fingerprint density at radius 1 is 1.40 bits per heavy atom. The Balaban J connectivity index is 1.92. The molecular weight excluding hydrogens is 256 g/mol. The average Bonchev–Trinajstić information content (AvgIpc) is 2.85. The molecule has 0 aliphatic rings. The van der Waals surface area contributed by atoms with Crippen LogP contribution in [0.4, 0.5) is 11.4 Å². The molecule has 6 nitrogen and oxygen atoms in total. The second-order valence-electron chi connectivity index (χ2n) is 4.48. The molecule has 2 rings (SSSR count). The van der Waals surface area contributed by atoms with E-state index in [1.807, 2.05) is 18.2 Å². The number of nitrogens with one attached hydrogen (secondary N) is 1. The van der Waals surface area contributed by atoms with Gasteiger partial charge in [-0.3, -0.25) is 0 Å². The minimum absolute atomic E-state index is 0.618. The third-order valence-electron chi connectivity index (χ3n) is 2.75. The number of nitrogens with zero attached hydrogens (tertiary/aromatic N) is 2. The first-order valence-electron chi connectivity index (χ1n) is 6.75. The van der Waals surface area contributed by atoms with Crippen molar-refractivity contribution in [3.05, 3.63) is 29.9 Å². The van der Waals surface area contributed by atoms with Crippen LogP contribution in [0.5, 0.6) is 5.75 Å². The summed E-state index contributed by atoms with van der Waals surface area (Å²) in [5.74, 6) is 1.98. The van der Waals surface area contributed by atoms with Crippen molar-refractivity contribution in [3.8, 4) is 5.75 Å². The maximum Gasteiger partial charge on any atom is 0.228 e. The van der Waals surface area contributed by atoms with Gasteiger partial charge in [0.2, 0.25) is 5.89 Å². The van der Waals surface area contributed by atoms with Crippen LogP contribution >= 0.6 is 0 Å². The highest BCUT2D eigenvalue weighted by molar-refractivity contribution is 5.72. The van der Waals surface area contributed by atoms with Crippen LogP contribution in [0.25, 0.3) is 0 Å². The summed E-state index contributed by atoms with van der Waals surface area (Å²) < 4.78 is 10.6. The summed E-state index contributed by atoms with van der Waals surface area (Å²) in [4.78, 5) is 4.15. The summed E-state index contributed by atoms with van der Waals surface area (Å²) in [5, 5.41) is 7.00. The van der Waals surface area contributed by atoms with E-state index in [9.17, 15) is 0 Å². The van der Waals surface area contributed by atoms with E-state index in [0.717, 1.165) is 12.1 Å². The van der Waals surface area contributed by atoms with E-state index < -0.39 is 0 Å². The molecule has 0 aliphatic heterocycles. The van der Waals surface area contributed by atoms with Crippen molar-refractivity contribution in [3.63, 3.8) is 0 Å². The molecule has 0 saturated heterocycles. The Morgan fingerprint density at radius 3 is 2.95 bits per heavy atom. The maximum absolute atomic E-state index is 6.07. The molecule has 0 aliphatic carbocycles. The second kappa shape index (κ2) is 6.79. The first-order valence-corrected chi connectivity index (χ1v) is 6.75. The first-order chi connectivity index (χ1) is 9.70. The van der Waals surface area contributed by atoms with Crippen molar-refractivity contribution < 1.29 is 9.26 Å².